The minimum atomic E-state index is -2.50. The molecule has 2 aromatic carbocycles. The number of aromatic nitrogens is 2. The van der Waals surface area contributed by atoms with E-state index in [0.717, 1.165) is 55.0 Å². The van der Waals surface area contributed by atoms with Gasteiger partial charge in [-0.15, -0.1) is 0 Å². The quantitative estimate of drug-likeness (QED) is 0.391. The fraction of sp³-hybridized carbons (Fsp3) is 0.407. The van der Waals surface area contributed by atoms with Gasteiger partial charge in [0.1, 0.15) is 24.5 Å². The lowest BCUT2D eigenvalue weighted by Crippen LogP contribution is -2.65. The van der Waals surface area contributed by atoms with E-state index in [1.54, 1.807) is 19.5 Å². The van der Waals surface area contributed by atoms with Crippen LogP contribution in [0.1, 0.15) is 5.56 Å². The highest BCUT2D eigenvalue weighted by molar-refractivity contribution is 7.70. The van der Waals surface area contributed by atoms with E-state index in [1.807, 2.05) is 30.3 Å². The summed E-state index contributed by atoms with van der Waals surface area (Å²) in [6.07, 6.45) is 1.56. The summed E-state index contributed by atoms with van der Waals surface area (Å²) in [5.74, 6) is 1.73. The molecule has 3 aliphatic rings. The maximum Gasteiger partial charge on any atom is 0.229 e. The highest BCUT2D eigenvalue weighted by Crippen LogP contribution is 2.41. The molecule has 6 rings (SSSR count). The second-order valence-electron chi connectivity index (χ2n) is 10.6. The van der Waals surface area contributed by atoms with Crippen LogP contribution in [-0.4, -0.2) is 79.6 Å². The van der Waals surface area contributed by atoms with Gasteiger partial charge in [-0.05, 0) is 44.0 Å². The van der Waals surface area contributed by atoms with Crippen molar-refractivity contribution in [1.29, 1.82) is 0 Å². The zero-order valence-corrected chi connectivity index (χ0v) is 23.5. The zero-order valence-electron chi connectivity index (χ0n) is 21.9. The highest BCUT2D eigenvalue weighted by atomic mass is 35.5. The summed E-state index contributed by atoms with van der Waals surface area (Å²) in [6, 6.07) is 12.7. The third-order valence-electron chi connectivity index (χ3n) is 7.51. The standard InChI is InChI=1S/C27H33ClN7O2P/c1-17-10-18(11-23-25(17)35-9-8-34(19-12-29-13-19)15-20(35)16-37-23)31-27-30-14-21(28)26(33-27)32-22-6-4-5-7-24(22)38(2,3)36/h4-7,10-11,14,19-20,29H,8-9,12-13,15-16H2,1-3H3,(H2,30,31,32,33)/t20-/m0/s1. The molecule has 0 radical (unpaired) electrons. The predicted molar refractivity (Wildman–Crippen MR) is 155 cm³/mol. The van der Waals surface area contributed by atoms with E-state index >= 15 is 0 Å². The molecule has 0 aliphatic carbocycles. The van der Waals surface area contributed by atoms with Crippen molar-refractivity contribution in [1.82, 2.24) is 20.2 Å². The SMILES string of the molecule is Cc1cc(Nc2ncc(Cl)c(Nc3ccccc3P(C)(C)=O)n2)cc2c1N1CCN(C3CNC3)C[C@H]1CO2. The number of ether oxygens (including phenoxy) is 1. The number of fused-ring (bicyclic) bond motifs is 3. The van der Waals surface area contributed by atoms with Crippen LogP contribution in [0, 0.1) is 6.92 Å². The summed E-state index contributed by atoms with van der Waals surface area (Å²) in [5.41, 5.74) is 3.89. The van der Waals surface area contributed by atoms with Gasteiger partial charge in [0, 0.05) is 55.8 Å². The number of halogens is 1. The lowest BCUT2D eigenvalue weighted by atomic mass is 10.0. The number of rotatable bonds is 6. The smallest absolute Gasteiger partial charge is 0.229 e. The summed E-state index contributed by atoms with van der Waals surface area (Å²) in [5, 5.41) is 11.1. The van der Waals surface area contributed by atoms with Crippen molar-refractivity contribution in [3.63, 3.8) is 0 Å². The first-order chi connectivity index (χ1) is 18.3. The first-order valence-electron chi connectivity index (χ1n) is 13.0. The van der Waals surface area contributed by atoms with Crippen LogP contribution in [0.3, 0.4) is 0 Å². The van der Waals surface area contributed by atoms with Gasteiger partial charge in [-0.3, -0.25) is 4.90 Å². The average molecular weight is 554 g/mol. The fourth-order valence-corrected chi connectivity index (χ4v) is 6.78. The van der Waals surface area contributed by atoms with Crippen molar-refractivity contribution in [2.75, 3.05) is 68.2 Å². The van der Waals surface area contributed by atoms with E-state index in [-0.39, 0.29) is 0 Å². The average Bonchev–Trinajstić information content (AvgIpc) is 2.84. The van der Waals surface area contributed by atoms with Gasteiger partial charge in [0.15, 0.2) is 5.82 Å². The van der Waals surface area contributed by atoms with Crippen LogP contribution in [0.4, 0.5) is 28.8 Å². The summed E-state index contributed by atoms with van der Waals surface area (Å²) in [6.45, 7) is 11.6. The van der Waals surface area contributed by atoms with Gasteiger partial charge in [-0.2, -0.15) is 4.98 Å². The Balaban J connectivity index is 1.21. The van der Waals surface area contributed by atoms with Crippen molar-refractivity contribution in [2.45, 2.75) is 19.0 Å². The van der Waals surface area contributed by atoms with Crippen LogP contribution >= 0.6 is 18.7 Å². The number of anilines is 5. The van der Waals surface area contributed by atoms with E-state index in [4.69, 9.17) is 16.3 Å². The Kier molecular flexibility index (Phi) is 6.72. The fourth-order valence-electron chi connectivity index (χ4n) is 5.48. The topological polar surface area (TPSA) is 94.6 Å². The van der Waals surface area contributed by atoms with Gasteiger partial charge >= 0.3 is 0 Å². The van der Waals surface area contributed by atoms with Gasteiger partial charge in [0.2, 0.25) is 5.95 Å². The normalized spacial score (nSPS) is 19.7. The van der Waals surface area contributed by atoms with Crippen LogP contribution < -0.4 is 30.9 Å². The molecule has 0 bridgehead atoms. The first-order valence-corrected chi connectivity index (χ1v) is 15.9. The number of piperazine rings is 1. The summed E-state index contributed by atoms with van der Waals surface area (Å²) < 4.78 is 19.1. The Labute approximate surface area is 228 Å². The van der Waals surface area contributed by atoms with Crippen LogP contribution in [0.2, 0.25) is 5.02 Å². The second-order valence-corrected chi connectivity index (χ2v) is 14.2. The molecule has 11 heteroatoms. The van der Waals surface area contributed by atoms with Crippen molar-refractivity contribution >= 4 is 52.9 Å². The van der Waals surface area contributed by atoms with E-state index in [2.05, 4.69) is 48.7 Å². The lowest BCUT2D eigenvalue weighted by Gasteiger charge is -2.50. The largest absolute Gasteiger partial charge is 0.489 e. The first kappa shape index (κ1) is 25.4. The molecule has 3 aromatic rings. The number of nitrogens with one attached hydrogen (secondary N) is 3. The van der Waals surface area contributed by atoms with E-state index < -0.39 is 7.14 Å². The molecule has 1 aromatic heterocycles. The van der Waals surface area contributed by atoms with Gasteiger partial charge in [-0.1, -0.05) is 23.7 Å². The predicted octanol–water partition coefficient (Wildman–Crippen LogP) is 4.03. The number of hydrogen-bond donors (Lipinski definition) is 3. The number of aryl methyl sites for hydroxylation is 1. The maximum atomic E-state index is 12.8. The Morgan fingerprint density at radius 3 is 2.71 bits per heavy atom. The van der Waals surface area contributed by atoms with Crippen LogP contribution in [0.5, 0.6) is 5.75 Å². The molecule has 0 amide bonds. The minimum absolute atomic E-state index is 0.368. The Hall–Kier alpha value is -2.84. The van der Waals surface area contributed by atoms with Crippen molar-refractivity contribution < 1.29 is 9.30 Å². The van der Waals surface area contributed by atoms with E-state index in [9.17, 15) is 4.57 Å². The number of nitrogens with zero attached hydrogens (tertiary/aromatic N) is 4. The van der Waals surface area contributed by atoms with Crippen molar-refractivity contribution in [2.24, 2.45) is 0 Å². The third kappa shape index (κ3) is 4.96. The molecule has 200 valence electrons. The minimum Gasteiger partial charge on any atom is -0.489 e. The third-order valence-corrected chi connectivity index (χ3v) is 9.34. The highest BCUT2D eigenvalue weighted by Gasteiger charge is 2.37. The van der Waals surface area contributed by atoms with Gasteiger partial charge in [-0.25, -0.2) is 4.98 Å². The van der Waals surface area contributed by atoms with E-state index in [1.165, 1.54) is 5.69 Å². The lowest BCUT2D eigenvalue weighted by molar-refractivity contribution is 0.0990. The Morgan fingerprint density at radius 1 is 1.13 bits per heavy atom. The molecule has 3 aliphatic heterocycles. The number of para-hydroxylation sites is 1. The molecule has 38 heavy (non-hydrogen) atoms. The molecule has 2 fully saturated rings. The van der Waals surface area contributed by atoms with Gasteiger partial charge in [0.05, 0.1) is 23.6 Å². The molecule has 0 saturated carbocycles. The Morgan fingerprint density at radius 2 is 1.95 bits per heavy atom. The summed E-state index contributed by atoms with van der Waals surface area (Å²) in [7, 11) is -2.50. The monoisotopic (exact) mass is 553 g/mol. The molecule has 3 N–H and O–H groups in total. The van der Waals surface area contributed by atoms with Crippen molar-refractivity contribution in [3.05, 3.63) is 53.2 Å². The second kappa shape index (κ2) is 10.0. The van der Waals surface area contributed by atoms with Gasteiger partial charge < -0.3 is 30.2 Å². The van der Waals surface area contributed by atoms with Crippen LogP contribution in [0.25, 0.3) is 0 Å². The number of hydrogen-bond acceptors (Lipinski definition) is 9. The molecule has 0 unspecified atom stereocenters. The molecule has 0 spiro atoms. The molecule has 9 nitrogen and oxygen atoms in total. The molecule has 4 heterocycles. The summed E-state index contributed by atoms with van der Waals surface area (Å²) in [4.78, 5) is 14.1. The molecular formula is C27H33ClN7O2P. The maximum absolute atomic E-state index is 12.8. The molecule has 1 atom stereocenters. The van der Waals surface area contributed by atoms with Crippen LogP contribution in [0.15, 0.2) is 42.6 Å². The zero-order chi connectivity index (χ0) is 26.4. The van der Waals surface area contributed by atoms with Crippen molar-refractivity contribution in [3.8, 4) is 5.75 Å². The van der Waals surface area contributed by atoms with Gasteiger partial charge in [0.25, 0.3) is 0 Å². The molecular weight excluding hydrogens is 521 g/mol. The van der Waals surface area contributed by atoms with Crippen LogP contribution in [-0.2, 0) is 4.57 Å². The summed E-state index contributed by atoms with van der Waals surface area (Å²) >= 11 is 6.43. The Bertz CT molecular complexity index is 1410. The number of benzene rings is 2. The molecule has 2 saturated heterocycles. The van der Waals surface area contributed by atoms with E-state index in [0.29, 0.717) is 41.2 Å².